The topological polar surface area (TPSA) is 104 Å². The number of aromatic nitrogens is 2. The Labute approximate surface area is 161 Å². The van der Waals surface area contributed by atoms with Crippen LogP contribution in [0.1, 0.15) is 22.5 Å². The maximum absolute atomic E-state index is 11.8. The van der Waals surface area contributed by atoms with Crippen LogP contribution >= 0.6 is 11.3 Å². The van der Waals surface area contributed by atoms with Gasteiger partial charge < -0.3 is 20.9 Å². The van der Waals surface area contributed by atoms with Crippen molar-refractivity contribution in [3.05, 3.63) is 41.6 Å². The molecule has 1 aliphatic rings. The van der Waals surface area contributed by atoms with E-state index in [0.29, 0.717) is 24.7 Å². The van der Waals surface area contributed by atoms with Gasteiger partial charge in [-0.1, -0.05) is 6.58 Å². The van der Waals surface area contributed by atoms with Crippen LogP contribution in [0.3, 0.4) is 0 Å². The van der Waals surface area contributed by atoms with Crippen molar-refractivity contribution in [1.82, 2.24) is 14.9 Å². The maximum Gasteiger partial charge on any atom is 0.271 e. The van der Waals surface area contributed by atoms with E-state index in [4.69, 9.17) is 5.73 Å². The second-order valence-corrected chi connectivity index (χ2v) is 7.36. The molecule has 0 aliphatic carbocycles. The molecule has 142 valence electrons. The Balaban J connectivity index is 1.83. The highest BCUT2D eigenvalue weighted by atomic mass is 32.1. The number of thiophene rings is 1. The molecule has 8 nitrogen and oxygen atoms in total. The number of nitrogens with two attached hydrogens (primary N) is 1. The zero-order valence-corrected chi connectivity index (χ0v) is 16.1. The largest absolute Gasteiger partial charge is 0.364 e. The van der Waals surface area contributed by atoms with Crippen LogP contribution in [-0.2, 0) is 4.79 Å². The Hall–Kier alpha value is -2.94. The number of rotatable bonds is 6. The number of anilines is 3. The number of carbonyl (C=O) groups excluding carboxylic acids is 2. The lowest BCUT2D eigenvalue weighted by Crippen LogP contribution is -2.36. The highest BCUT2D eigenvalue weighted by Crippen LogP contribution is 2.27. The highest BCUT2D eigenvalue weighted by molar-refractivity contribution is 7.14. The number of aryl methyl sites for hydroxylation is 1. The van der Waals surface area contributed by atoms with Gasteiger partial charge in [-0.25, -0.2) is 9.97 Å². The summed E-state index contributed by atoms with van der Waals surface area (Å²) in [6.45, 7) is 6.79. The predicted octanol–water partition coefficient (Wildman–Crippen LogP) is 1.91. The van der Waals surface area contributed by atoms with Crippen LogP contribution in [0.4, 0.5) is 16.6 Å². The summed E-state index contributed by atoms with van der Waals surface area (Å²) in [5.41, 5.74) is 6.65. The second-order valence-electron chi connectivity index (χ2n) is 6.44. The number of amides is 2. The van der Waals surface area contributed by atoms with E-state index in [0.717, 1.165) is 17.0 Å². The first-order chi connectivity index (χ1) is 12.9. The van der Waals surface area contributed by atoms with Crippen molar-refractivity contribution < 1.29 is 9.59 Å². The fourth-order valence-corrected chi connectivity index (χ4v) is 3.80. The van der Waals surface area contributed by atoms with Crippen LogP contribution in [0.25, 0.3) is 0 Å². The van der Waals surface area contributed by atoms with Crippen LogP contribution in [-0.4, -0.2) is 52.9 Å². The molecule has 2 amide bonds. The van der Waals surface area contributed by atoms with Gasteiger partial charge in [-0.05, 0) is 36.4 Å². The van der Waals surface area contributed by atoms with Crippen LogP contribution in [0.2, 0.25) is 0 Å². The van der Waals surface area contributed by atoms with E-state index in [1.165, 1.54) is 23.6 Å². The van der Waals surface area contributed by atoms with Gasteiger partial charge in [0.15, 0.2) is 11.5 Å². The molecule has 0 unspecified atom stereocenters. The van der Waals surface area contributed by atoms with Crippen molar-refractivity contribution in [3.63, 3.8) is 0 Å². The number of nitrogens with zero attached hydrogens (tertiary/aromatic N) is 4. The van der Waals surface area contributed by atoms with E-state index in [-0.39, 0.29) is 17.6 Å². The summed E-state index contributed by atoms with van der Waals surface area (Å²) < 4.78 is 0. The van der Waals surface area contributed by atoms with Gasteiger partial charge in [-0.15, -0.1) is 11.3 Å². The number of likely N-dealkylation sites (N-methyl/N-ethyl adjacent to an activating group) is 1. The zero-order chi connectivity index (χ0) is 19.6. The van der Waals surface area contributed by atoms with Gasteiger partial charge in [0.25, 0.3) is 5.91 Å². The van der Waals surface area contributed by atoms with E-state index < -0.39 is 5.91 Å². The molecule has 2 aromatic rings. The van der Waals surface area contributed by atoms with Gasteiger partial charge in [-0.3, -0.25) is 9.59 Å². The van der Waals surface area contributed by atoms with E-state index in [1.807, 2.05) is 30.3 Å². The minimum absolute atomic E-state index is 0.0727. The van der Waals surface area contributed by atoms with Gasteiger partial charge in [0, 0.05) is 26.2 Å². The molecule has 1 saturated heterocycles. The Kier molecular flexibility index (Phi) is 5.41. The average Bonchev–Trinajstić information content (AvgIpc) is 3.29. The third-order valence-corrected chi connectivity index (χ3v) is 5.49. The van der Waals surface area contributed by atoms with Crippen molar-refractivity contribution in [2.75, 3.05) is 30.4 Å². The van der Waals surface area contributed by atoms with E-state index in [2.05, 4.69) is 21.9 Å². The molecule has 0 bridgehead atoms. The summed E-state index contributed by atoms with van der Waals surface area (Å²) in [6, 6.07) is 2.07. The van der Waals surface area contributed by atoms with Gasteiger partial charge in [0.1, 0.15) is 5.82 Å². The first-order valence-electron chi connectivity index (χ1n) is 8.52. The molecule has 0 saturated carbocycles. The van der Waals surface area contributed by atoms with Crippen LogP contribution in [0.15, 0.2) is 30.3 Å². The third-order valence-electron chi connectivity index (χ3n) is 4.52. The fourth-order valence-electron chi connectivity index (χ4n) is 3.00. The minimum Gasteiger partial charge on any atom is -0.364 e. The molecule has 2 aromatic heterocycles. The second kappa shape index (κ2) is 7.75. The highest BCUT2D eigenvalue weighted by Gasteiger charge is 2.29. The summed E-state index contributed by atoms with van der Waals surface area (Å²) in [6.07, 6.45) is 3.68. The van der Waals surface area contributed by atoms with Crippen molar-refractivity contribution in [1.29, 1.82) is 0 Å². The lowest BCUT2D eigenvalue weighted by molar-refractivity contribution is -0.125. The molecule has 3 N–H and O–H groups in total. The van der Waals surface area contributed by atoms with Crippen molar-refractivity contribution >= 4 is 39.8 Å². The number of hydrogen-bond acceptors (Lipinski definition) is 7. The van der Waals surface area contributed by atoms with Crippen LogP contribution < -0.4 is 16.0 Å². The maximum atomic E-state index is 11.8. The van der Waals surface area contributed by atoms with E-state index in [1.54, 1.807) is 4.90 Å². The Morgan fingerprint density at radius 1 is 1.52 bits per heavy atom. The molecule has 9 heteroatoms. The SMILES string of the molecule is C=CC(=O)N1CC[C@@H](N(C)c2cnc(C(N)=O)c(Nc3cc(C)cs3)n2)C1. The third kappa shape index (κ3) is 4.08. The summed E-state index contributed by atoms with van der Waals surface area (Å²) >= 11 is 1.51. The molecule has 0 radical (unpaired) electrons. The lowest BCUT2D eigenvalue weighted by Gasteiger charge is -2.26. The van der Waals surface area contributed by atoms with Crippen molar-refractivity contribution in [2.45, 2.75) is 19.4 Å². The monoisotopic (exact) mass is 386 g/mol. The first-order valence-corrected chi connectivity index (χ1v) is 9.40. The normalized spacial score (nSPS) is 16.2. The van der Waals surface area contributed by atoms with Gasteiger partial charge in [-0.2, -0.15) is 0 Å². The first kappa shape index (κ1) is 18.8. The molecular weight excluding hydrogens is 364 g/mol. The summed E-state index contributed by atoms with van der Waals surface area (Å²) in [5, 5.41) is 5.99. The molecule has 3 heterocycles. The average molecular weight is 386 g/mol. The lowest BCUT2D eigenvalue weighted by atomic mass is 10.2. The van der Waals surface area contributed by atoms with Crippen molar-refractivity contribution in [3.8, 4) is 0 Å². The van der Waals surface area contributed by atoms with Gasteiger partial charge >= 0.3 is 0 Å². The molecule has 27 heavy (non-hydrogen) atoms. The zero-order valence-electron chi connectivity index (χ0n) is 15.3. The minimum atomic E-state index is -0.642. The van der Waals surface area contributed by atoms with E-state index in [9.17, 15) is 9.59 Å². The fraction of sp³-hybridized carbons (Fsp3) is 0.333. The van der Waals surface area contributed by atoms with Crippen LogP contribution in [0, 0.1) is 6.92 Å². The number of nitrogens with one attached hydrogen (secondary N) is 1. The molecule has 0 spiro atoms. The Morgan fingerprint density at radius 3 is 2.93 bits per heavy atom. The number of primary amides is 1. The van der Waals surface area contributed by atoms with Crippen molar-refractivity contribution in [2.24, 2.45) is 5.73 Å². The standard InChI is InChI=1S/C18H22N6O2S/c1-4-15(25)24-6-5-12(9-24)23(3)13-8-20-16(17(19)26)18(21-13)22-14-7-11(2)10-27-14/h4,7-8,10,12H,1,5-6,9H2,2-3H3,(H2,19,26)(H,21,22)/t12-/m1/s1. The van der Waals surface area contributed by atoms with Gasteiger partial charge in [0.2, 0.25) is 5.91 Å². The summed E-state index contributed by atoms with van der Waals surface area (Å²) in [4.78, 5) is 36.0. The predicted molar refractivity (Wildman–Crippen MR) is 106 cm³/mol. The number of likely N-dealkylation sites (tertiary alicyclic amines) is 1. The Morgan fingerprint density at radius 2 is 2.30 bits per heavy atom. The quantitative estimate of drug-likeness (QED) is 0.735. The molecule has 1 atom stereocenters. The number of hydrogen-bond donors (Lipinski definition) is 2. The van der Waals surface area contributed by atoms with Crippen LogP contribution in [0.5, 0.6) is 0 Å². The molecular formula is C18H22N6O2S. The molecule has 1 aliphatic heterocycles. The molecule has 1 fully saturated rings. The smallest absolute Gasteiger partial charge is 0.271 e. The van der Waals surface area contributed by atoms with E-state index >= 15 is 0 Å². The Bertz CT molecular complexity index is 880. The molecule has 3 rings (SSSR count). The number of carbonyl (C=O) groups is 2. The molecule has 0 aromatic carbocycles. The summed E-state index contributed by atoms with van der Waals surface area (Å²) in [7, 11) is 1.90. The van der Waals surface area contributed by atoms with Gasteiger partial charge in [0.05, 0.1) is 11.2 Å². The summed E-state index contributed by atoms with van der Waals surface area (Å²) in [5.74, 6) is 0.215.